The maximum atomic E-state index is 13.0. The van der Waals surface area contributed by atoms with Crippen molar-refractivity contribution in [2.24, 2.45) is 5.92 Å². The molecule has 3 aromatic heterocycles. The monoisotopic (exact) mass is 397 g/mol. The largest absolute Gasteiger partial charge is 0.479 e. The molecule has 0 radical (unpaired) electrons. The Bertz CT molecular complexity index is 972. The van der Waals surface area contributed by atoms with E-state index >= 15 is 0 Å². The third-order valence-electron chi connectivity index (χ3n) is 5.78. The van der Waals surface area contributed by atoms with Crippen LogP contribution in [-0.4, -0.2) is 33.1 Å². The molecule has 29 heavy (non-hydrogen) atoms. The van der Waals surface area contributed by atoms with Crippen LogP contribution < -0.4 is 10.1 Å². The van der Waals surface area contributed by atoms with E-state index in [9.17, 15) is 4.79 Å². The van der Waals surface area contributed by atoms with E-state index < -0.39 is 0 Å². The number of methoxy groups -OCH3 is 1. The molecule has 0 aromatic carbocycles. The first-order valence-electron chi connectivity index (χ1n) is 10.3. The van der Waals surface area contributed by atoms with E-state index in [1.165, 1.54) is 25.5 Å². The predicted octanol–water partition coefficient (Wildman–Crippen LogP) is 4.09. The Balaban J connectivity index is 1.69. The predicted molar refractivity (Wildman–Crippen MR) is 108 cm³/mol. The molecule has 154 valence electrons. The smallest absolute Gasteiger partial charge is 0.257 e. The van der Waals surface area contributed by atoms with Crippen molar-refractivity contribution < 1.29 is 14.1 Å². The summed E-state index contributed by atoms with van der Waals surface area (Å²) >= 11 is 0. The van der Waals surface area contributed by atoms with Crippen LogP contribution >= 0.6 is 0 Å². The van der Waals surface area contributed by atoms with Gasteiger partial charge in [0.05, 0.1) is 24.4 Å². The van der Waals surface area contributed by atoms with E-state index in [0.717, 1.165) is 37.0 Å². The molecule has 8 heteroatoms. The van der Waals surface area contributed by atoms with Crippen molar-refractivity contribution in [3.05, 3.63) is 35.6 Å². The Kier molecular flexibility index (Phi) is 5.78. The highest BCUT2D eigenvalue weighted by molar-refractivity contribution is 5.95. The van der Waals surface area contributed by atoms with Crippen LogP contribution in [-0.2, 0) is 0 Å². The molecule has 1 amide bonds. The number of amides is 1. The fourth-order valence-corrected chi connectivity index (χ4v) is 4.19. The van der Waals surface area contributed by atoms with Gasteiger partial charge in [-0.15, -0.1) is 0 Å². The van der Waals surface area contributed by atoms with Crippen LogP contribution in [0.1, 0.15) is 72.9 Å². The first-order valence-corrected chi connectivity index (χ1v) is 10.3. The van der Waals surface area contributed by atoms with Gasteiger partial charge in [-0.05, 0) is 31.7 Å². The summed E-state index contributed by atoms with van der Waals surface area (Å²) in [5.74, 6) is 1.32. The zero-order valence-corrected chi connectivity index (χ0v) is 16.9. The van der Waals surface area contributed by atoms with Crippen molar-refractivity contribution >= 4 is 16.9 Å². The summed E-state index contributed by atoms with van der Waals surface area (Å²) < 4.78 is 10.3. The van der Waals surface area contributed by atoms with Gasteiger partial charge in [0.15, 0.2) is 5.52 Å². The van der Waals surface area contributed by atoms with Gasteiger partial charge in [-0.25, -0.2) is 9.97 Å². The zero-order chi connectivity index (χ0) is 20.2. The molecular weight excluding hydrogens is 370 g/mol. The van der Waals surface area contributed by atoms with Crippen molar-refractivity contribution in [3.63, 3.8) is 0 Å². The van der Waals surface area contributed by atoms with Gasteiger partial charge in [0, 0.05) is 6.20 Å². The normalized spacial score (nSPS) is 16.9. The number of imidazole rings is 1. The Morgan fingerprint density at radius 1 is 1.28 bits per heavy atom. The third-order valence-corrected chi connectivity index (χ3v) is 5.78. The van der Waals surface area contributed by atoms with E-state index in [1.807, 2.05) is 6.07 Å². The third kappa shape index (κ3) is 4.11. The van der Waals surface area contributed by atoms with Crippen LogP contribution in [0.25, 0.3) is 11.0 Å². The molecule has 1 fully saturated rings. The van der Waals surface area contributed by atoms with Crippen LogP contribution in [0.5, 0.6) is 5.88 Å². The minimum atomic E-state index is -0.230. The number of rotatable bonds is 5. The summed E-state index contributed by atoms with van der Waals surface area (Å²) in [6.07, 6.45) is 11.3. The maximum absolute atomic E-state index is 13.0. The van der Waals surface area contributed by atoms with Gasteiger partial charge >= 0.3 is 0 Å². The number of fused-ring (bicyclic) bond motifs is 1. The Morgan fingerprint density at radius 2 is 2.03 bits per heavy atom. The second-order valence-electron chi connectivity index (χ2n) is 7.71. The fourth-order valence-electron chi connectivity index (χ4n) is 4.19. The summed E-state index contributed by atoms with van der Waals surface area (Å²) in [6, 6.07) is 1.64. The topological polar surface area (TPSA) is 106 Å². The molecule has 3 heterocycles. The average Bonchev–Trinajstić information content (AvgIpc) is 3.32. The quantitative estimate of drug-likeness (QED) is 0.671. The average molecular weight is 397 g/mol. The molecule has 0 spiro atoms. The zero-order valence-electron chi connectivity index (χ0n) is 16.9. The number of pyridine rings is 1. The lowest BCUT2D eigenvalue weighted by Gasteiger charge is -2.28. The van der Waals surface area contributed by atoms with Crippen molar-refractivity contribution in [3.8, 4) is 5.88 Å². The molecule has 0 bridgehead atoms. The van der Waals surface area contributed by atoms with Gasteiger partial charge in [-0.1, -0.05) is 37.3 Å². The first-order chi connectivity index (χ1) is 14.2. The Morgan fingerprint density at radius 3 is 2.72 bits per heavy atom. The van der Waals surface area contributed by atoms with Crippen molar-refractivity contribution in [1.29, 1.82) is 0 Å². The minimum absolute atomic E-state index is 0.193. The lowest BCUT2D eigenvalue weighted by molar-refractivity contribution is 0.0911. The van der Waals surface area contributed by atoms with Crippen LogP contribution in [0.4, 0.5) is 0 Å². The van der Waals surface area contributed by atoms with E-state index in [0.29, 0.717) is 28.6 Å². The number of nitrogens with zero attached hydrogens (tertiary/aromatic N) is 3. The highest BCUT2D eigenvalue weighted by Gasteiger charge is 2.29. The summed E-state index contributed by atoms with van der Waals surface area (Å²) in [5, 5.41) is 7.03. The maximum Gasteiger partial charge on any atom is 0.257 e. The highest BCUT2D eigenvalue weighted by atomic mass is 16.5. The number of ether oxygens (including phenoxy) is 1. The van der Waals surface area contributed by atoms with Gasteiger partial charge in [-0.3, -0.25) is 4.79 Å². The lowest BCUT2D eigenvalue weighted by Crippen LogP contribution is -2.35. The number of carbonyl (C=O) groups excluding carboxylic acids is 1. The highest BCUT2D eigenvalue weighted by Crippen LogP contribution is 2.34. The number of nitrogens with one attached hydrogen (secondary N) is 2. The van der Waals surface area contributed by atoms with Gasteiger partial charge in [0.25, 0.3) is 5.91 Å². The molecule has 1 aliphatic carbocycles. The molecule has 2 N–H and O–H groups in total. The SMILES string of the molecule is COc1nccc2[nH]c(C(NC(=O)c3conc3C)C3CCCCCCC3)nc12. The van der Waals surface area contributed by atoms with Gasteiger partial charge in [-0.2, -0.15) is 0 Å². The molecule has 1 aliphatic rings. The number of aromatic amines is 1. The molecule has 0 saturated heterocycles. The molecule has 8 nitrogen and oxygen atoms in total. The Hall–Kier alpha value is -2.90. The van der Waals surface area contributed by atoms with Crippen LogP contribution in [0.15, 0.2) is 23.0 Å². The van der Waals surface area contributed by atoms with Crippen molar-refractivity contribution in [2.75, 3.05) is 7.11 Å². The molecular formula is C21H27N5O3. The summed E-state index contributed by atoms with van der Waals surface area (Å²) in [6.45, 7) is 1.76. The molecule has 4 rings (SSSR count). The van der Waals surface area contributed by atoms with E-state index in [2.05, 4.69) is 20.4 Å². The van der Waals surface area contributed by atoms with Crippen molar-refractivity contribution in [2.45, 2.75) is 57.9 Å². The second-order valence-corrected chi connectivity index (χ2v) is 7.71. The number of aryl methyl sites for hydroxylation is 1. The molecule has 1 atom stereocenters. The van der Waals surface area contributed by atoms with Gasteiger partial charge in [0.2, 0.25) is 5.88 Å². The number of H-pyrrole nitrogens is 1. The molecule has 1 saturated carbocycles. The molecule has 3 aromatic rings. The van der Waals surface area contributed by atoms with E-state index in [-0.39, 0.29) is 11.9 Å². The number of hydrogen-bond acceptors (Lipinski definition) is 6. The van der Waals surface area contributed by atoms with E-state index in [1.54, 1.807) is 20.2 Å². The van der Waals surface area contributed by atoms with E-state index in [4.69, 9.17) is 14.2 Å². The van der Waals surface area contributed by atoms with Crippen molar-refractivity contribution in [1.82, 2.24) is 25.4 Å². The standard InChI is InChI=1S/C21H27N5O3/c1-13-15(12-29-26-13)20(27)25-17(14-8-6-4-3-5-7-9-14)19-23-16-10-11-22-21(28-2)18(16)24-19/h10-12,14,17H,3-9H2,1-2H3,(H,23,24)(H,25,27). The van der Waals surface area contributed by atoms with Crippen LogP contribution in [0.2, 0.25) is 0 Å². The van der Waals surface area contributed by atoms with Gasteiger partial charge in [0.1, 0.15) is 17.7 Å². The summed E-state index contributed by atoms with van der Waals surface area (Å²) in [5.41, 5.74) is 2.56. The van der Waals surface area contributed by atoms with Gasteiger partial charge < -0.3 is 19.6 Å². The summed E-state index contributed by atoms with van der Waals surface area (Å²) in [4.78, 5) is 25.4. The minimum Gasteiger partial charge on any atom is -0.479 e. The number of hydrogen-bond donors (Lipinski definition) is 2. The van der Waals surface area contributed by atoms with Crippen LogP contribution in [0.3, 0.4) is 0 Å². The first kappa shape index (κ1) is 19.4. The fraction of sp³-hybridized carbons (Fsp3) is 0.524. The lowest BCUT2D eigenvalue weighted by atomic mass is 9.85. The summed E-state index contributed by atoms with van der Waals surface area (Å²) in [7, 11) is 1.58. The number of carbonyl (C=O) groups is 1. The second kappa shape index (κ2) is 8.63. The van der Waals surface area contributed by atoms with Crippen LogP contribution in [0, 0.1) is 12.8 Å². The molecule has 1 unspecified atom stereocenters. The molecule has 0 aliphatic heterocycles. The number of aromatic nitrogens is 4. The Labute approximate surface area is 169 Å².